The summed E-state index contributed by atoms with van der Waals surface area (Å²) >= 11 is 0. The molecule has 2 atom stereocenters. The number of hydrogen-bond donors (Lipinski definition) is 2. The van der Waals surface area contributed by atoms with E-state index in [0.717, 1.165) is 38.5 Å². The molecule has 0 aromatic heterocycles. The number of hydrogen-bond acceptors (Lipinski definition) is 2. The Hall–Kier alpha value is -0.520. The molecule has 3 N–H and O–H groups in total. The zero-order valence-electron chi connectivity index (χ0n) is 16.4. The fourth-order valence-electron chi connectivity index (χ4n) is 4.10. The van der Waals surface area contributed by atoms with Crippen molar-refractivity contribution in [3.63, 3.8) is 0 Å². The van der Waals surface area contributed by atoms with Crippen molar-refractivity contribution in [2.45, 2.75) is 116 Å². The van der Waals surface area contributed by atoms with Crippen LogP contribution in [0, 0.1) is 23.7 Å². The van der Waals surface area contributed by atoms with E-state index in [2.05, 4.69) is 32.6 Å². The fourth-order valence-corrected chi connectivity index (χ4v) is 4.10. The molecular formula is C22H41NO. The molecule has 0 heterocycles. The smallest absolute Gasteiger partial charge is 0.0568 e. The standard InChI is InChI=1S/C22H41NO/c1-4-7-8-9-13-16-20(22(23,5-2)6-3)17-18-21(24)19-14-11-10-12-15-19/h19-21,24H,4-8,10-12,14-18,23H2,1-3H3. The van der Waals surface area contributed by atoms with Gasteiger partial charge in [-0.25, -0.2) is 0 Å². The van der Waals surface area contributed by atoms with E-state index in [0.29, 0.717) is 11.8 Å². The van der Waals surface area contributed by atoms with Crippen LogP contribution in [0.2, 0.25) is 0 Å². The van der Waals surface area contributed by atoms with Gasteiger partial charge in [-0.05, 0) is 56.8 Å². The van der Waals surface area contributed by atoms with Gasteiger partial charge in [0.2, 0.25) is 0 Å². The third-order valence-electron chi connectivity index (χ3n) is 6.26. The Labute approximate surface area is 151 Å². The number of aliphatic hydroxyl groups is 1. The first-order chi connectivity index (χ1) is 11.6. The molecule has 0 bridgehead atoms. The largest absolute Gasteiger partial charge is 0.393 e. The first-order valence-corrected chi connectivity index (χ1v) is 10.5. The van der Waals surface area contributed by atoms with Crippen molar-refractivity contribution in [3.05, 3.63) is 0 Å². The van der Waals surface area contributed by atoms with Crippen LogP contribution in [-0.2, 0) is 0 Å². The molecule has 24 heavy (non-hydrogen) atoms. The van der Waals surface area contributed by atoms with Gasteiger partial charge in [-0.3, -0.25) is 0 Å². The molecule has 1 fully saturated rings. The van der Waals surface area contributed by atoms with Crippen molar-refractivity contribution in [2.75, 3.05) is 0 Å². The van der Waals surface area contributed by atoms with E-state index in [1.165, 1.54) is 44.9 Å². The van der Waals surface area contributed by atoms with Gasteiger partial charge in [-0.15, -0.1) is 11.8 Å². The fraction of sp³-hybridized carbons (Fsp3) is 0.909. The highest BCUT2D eigenvalue weighted by Crippen LogP contribution is 2.33. The zero-order chi connectivity index (χ0) is 17.8. The first kappa shape index (κ1) is 21.5. The van der Waals surface area contributed by atoms with Gasteiger partial charge in [0, 0.05) is 18.4 Å². The van der Waals surface area contributed by atoms with Gasteiger partial charge in [0.05, 0.1) is 6.10 Å². The molecule has 2 unspecified atom stereocenters. The molecule has 0 amide bonds. The molecule has 1 rings (SSSR count). The average Bonchev–Trinajstić information content (AvgIpc) is 2.63. The SMILES string of the molecule is CCCCC#CCC(CCC(O)C1CCCCC1)C(N)(CC)CC. The van der Waals surface area contributed by atoms with Crippen LogP contribution in [-0.4, -0.2) is 16.7 Å². The van der Waals surface area contributed by atoms with Gasteiger partial charge in [0.25, 0.3) is 0 Å². The molecule has 1 saturated carbocycles. The lowest BCUT2D eigenvalue weighted by Gasteiger charge is -2.36. The van der Waals surface area contributed by atoms with Gasteiger partial charge in [0.15, 0.2) is 0 Å². The highest BCUT2D eigenvalue weighted by molar-refractivity contribution is 5.04. The summed E-state index contributed by atoms with van der Waals surface area (Å²) in [4.78, 5) is 0. The van der Waals surface area contributed by atoms with Gasteiger partial charge >= 0.3 is 0 Å². The average molecular weight is 336 g/mol. The summed E-state index contributed by atoms with van der Waals surface area (Å²) < 4.78 is 0. The zero-order valence-corrected chi connectivity index (χ0v) is 16.4. The van der Waals surface area contributed by atoms with Crippen molar-refractivity contribution < 1.29 is 5.11 Å². The van der Waals surface area contributed by atoms with E-state index in [-0.39, 0.29) is 11.6 Å². The summed E-state index contributed by atoms with van der Waals surface area (Å²) in [5.41, 5.74) is 6.56. The van der Waals surface area contributed by atoms with Crippen LogP contribution in [0.4, 0.5) is 0 Å². The van der Waals surface area contributed by atoms with Crippen molar-refractivity contribution in [2.24, 2.45) is 17.6 Å². The number of unbranched alkanes of at least 4 members (excludes halogenated alkanes) is 2. The lowest BCUT2D eigenvalue weighted by molar-refractivity contribution is 0.0657. The Bertz CT molecular complexity index is 371. The number of aliphatic hydroxyl groups excluding tert-OH is 1. The Morgan fingerprint density at radius 2 is 1.71 bits per heavy atom. The van der Waals surface area contributed by atoms with Gasteiger partial charge < -0.3 is 10.8 Å². The summed E-state index contributed by atoms with van der Waals surface area (Å²) in [7, 11) is 0. The minimum Gasteiger partial charge on any atom is -0.393 e. The summed E-state index contributed by atoms with van der Waals surface area (Å²) in [6.45, 7) is 6.59. The summed E-state index contributed by atoms with van der Waals surface area (Å²) in [5, 5.41) is 10.6. The first-order valence-electron chi connectivity index (χ1n) is 10.5. The van der Waals surface area contributed by atoms with Crippen LogP contribution < -0.4 is 5.73 Å². The summed E-state index contributed by atoms with van der Waals surface area (Å²) in [6.07, 6.45) is 14.4. The third kappa shape index (κ3) is 7.16. The van der Waals surface area contributed by atoms with Crippen LogP contribution in [0.1, 0.15) is 104 Å². The van der Waals surface area contributed by atoms with Gasteiger partial charge in [-0.1, -0.05) is 46.5 Å². The predicted molar refractivity (Wildman–Crippen MR) is 105 cm³/mol. The second-order valence-electron chi connectivity index (χ2n) is 7.84. The molecule has 0 aromatic rings. The van der Waals surface area contributed by atoms with Crippen LogP contribution in [0.3, 0.4) is 0 Å². The third-order valence-corrected chi connectivity index (χ3v) is 6.26. The molecule has 140 valence electrons. The van der Waals surface area contributed by atoms with Crippen LogP contribution in [0.15, 0.2) is 0 Å². The highest BCUT2D eigenvalue weighted by Gasteiger charge is 2.32. The van der Waals surface area contributed by atoms with Gasteiger partial charge in [-0.2, -0.15) is 0 Å². The highest BCUT2D eigenvalue weighted by atomic mass is 16.3. The van der Waals surface area contributed by atoms with E-state index in [1.807, 2.05) is 0 Å². The quantitative estimate of drug-likeness (QED) is 0.413. The van der Waals surface area contributed by atoms with Gasteiger partial charge in [0.1, 0.15) is 0 Å². The predicted octanol–water partition coefficient (Wildman–Crippen LogP) is 5.43. The van der Waals surface area contributed by atoms with Crippen molar-refractivity contribution in [3.8, 4) is 11.8 Å². The van der Waals surface area contributed by atoms with E-state index in [1.54, 1.807) is 0 Å². The van der Waals surface area contributed by atoms with E-state index >= 15 is 0 Å². The minimum atomic E-state index is -0.140. The summed E-state index contributed by atoms with van der Waals surface area (Å²) in [6, 6.07) is 0. The topological polar surface area (TPSA) is 46.2 Å². The van der Waals surface area contributed by atoms with Crippen molar-refractivity contribution in [1.29, 1.82) is 0 Å². The molecule has 1 aliphatic rings. The molecule has 0 radical (unpaired) electrons. The maximum absolute atomic E-state index is 10.6. The molecular weight excluding hydrogens is 294 g/mol. The lowest BCUT2D eigenvalue weighted by Crippen LogP contribution is -2.46. The maximum Gasteiger partial charge on any atom is 0.0568 e. The maximum atomic E-state index is 10.6. The normalized spacial score (nSPS) is 18.7. The van der Waals surface area contributed by atoms with Crippen LogP contribution in [0.5, 0.6) is 0 Å². The Kier molecular flexibility index (Phi) is 10.7. The molecule has 0 aliphatic heterocycles. The van der Waals surface area contributed by atoms with Crippen molar-refractivity contribution >= 4 is 0 Å². The molecule has 2 nitrogen and oxygen atoms in total. The monoisotopic (exact) mass is 335 g/mol. The molecule has 2 heteroatoms. The molecule has 0 spiro atoms. The second kappa shape index (κ2) is 11.9. The van der Waals surface area contributed by atoms with Crippen LogP contribution >= 0.6 is 0 Å². The molecule has 0 saturated heterocycles. The number of rotatable bonds is 10. The molecule has 0 aromatic carbocycles. The van der Waals surface area contributed by atoms with Crippen LogP contribution in [0.25, 0.3) is 0 Å². The Balaban J connectivity index is 2.57. The molecule has 1 aliphatic carbocycles. The minimum absolute atomic E-state index is 0.133. The number of nitrogens with two attached hydrogens (primary N) is 1. The van der Waals surface area contributed by atoms with Crippen molar-refractivity contribution in [1.82, 2.24) is 0 Å². The Morgan fingerprint density at radius 1 is 1.04 bits per heavy atom. The second-order valence-corrected chi connectivity index (χ2v) is 7.84. The lowest BCUT2D eigenvalue weighted by atomic mass is 9.74. The van der Waals surface area contributed by atoms with E-state index < -0.39 is 0 Å². The summed E-state index contributed by atoms with van der Waals surface area (Å²) in [5.74, 6) is 7.63. The van der Waals surface area contributed by atoms with E-state index in [9.17, 15) is 5.11 Å². The van der Waals surface area contributed by atoms with E-state index in [4.69, 9.17) is 5.73 Å². The Morgan fingerprint density at radius 3 is 2.29 bits per heavy atom.